The monoisotopic (exact) mass is 591 g/mol. The molecule has 0 aliphatic carbocycles. The second-order valence-corrected chi connectivity index (χ2v) is 9.51. The van der Waals surface area contributed by atoms with Crippen LogP contribution in [0.5, 0.6) is 0 Å². The molecule has 0 radical (unpaired) electrons. The minimum Gasteiger partial charge on any atom is -0.444 e. The minimum atomic E-state index is -1.98. The number of amides is 2. The Bertz CT molecular complexity index is 1410. The number of halogens is 3. The summed E-state index contributed by atoms with van der Waals surface area (Å²) in [5.41, 5.74) is -0.826. The molecule has 0 spiro atoms. The van der Waals surface area contributed by atoms with Crippen molar-refractivity contribution in [2.75, 3.05) is 37.9 Å². The molecule has 0 bridgehead atoms. The molecule has 1 saturated heterocycles. The number of aromatic nitrogens is 4. The molecular formula is C25H28ClF2N9O4. The van der Waals surface area contributed by atoms with Crippen molar-refractivity contribution in [3.05, 3.63) is 66.0 Å². The number of anilines is 1. The van der Waals surface area contributed by atoms with Crippen LogP contribution in [0.25, 0.3) is 5.69 Å². The Morgan fingerprint density at radius 2 is 1.88 bits per heavy atom. The number of urea groups is 1. The first-order valence-electron chi connectivity index (χ1n) is 12.4. The highest BCUT2D eigenvalue weighted by Crippen LogP contribution is 2.35. The first-order valence-corrected chi connectivity index (χ1v) is 12.4. The van der Waals surface area contributed by atoms with Crippen LogP contribution < -0.4 is 4.90 Å². The summed E-state index contributed by atoms with van der Waals surface area (Å²) in [7, 11) is 0. The second-order valence-electron chi connectivity index (χ2n) is 9.51. The molecule has 0 saturated carbocycles. The summed E-state index contributed by atoms with van der Waals surface area (Å²) >= 11 is 0. The largest absolute Gasteiger partial charge is 0.444 e. The third-order valence-electron chi connectivity index (χ3n) is 6.95. The number of benzene rings is 2. The van der Waals surface area contributed by atoms with Gasteiger partial charge in [-0.2, -0.15) is 5.10 Å². The number of carbonyl (C=O) groups is 2. The Kier molecular flexibility index (Phi) is 8.68. The van der Waals surface area contributed by atoms with Crippen molar-refractivity contribution < 1.29 is 28.2 Å². The molecule has 2 aliphatic heterocycles. The number of tetrazole rings is 1. The number of carbonyl (C=O) groups excluding carboxylic acids is 2. The molecule has 3 heterocycles. The van der Waals surface area contributed by atoms with Crippen LogP contribution in [0.1, 0.15) is 19.4 Å². The normalized spacial score (nSPS) is 17.0. The third-order valence-corrected chi connectivity index (χ3v) is 6.95. The van der Waals surface area contributed by atoms with Crippen LogP contribution in [0.2, 0.25) is 0 Å². The summed E-state index contributed by atoms with van der Waals surface area (Å²) in [6.45, 7) is 3.32. The van der Waals surface area contributed by atoms with Gasteiger partial charge in [-0.15, -0.1) is 17.5 Å². The molecule has 1 aromatic heterocycles. The summed E-state index contributed by atoms with van der Waals surface area (Å²) < 4.78 is 35.3. The Balaban J connectivity index is 0.00000387. The topological polar surface area (TPSA) is 133 Å². The molecule has 2 aromatic carbocycles. The molecule has 218 valence electrons. The van der Waals surface area contributed by atoms with Gasteiger partial charge in [-0.1, -0.05) is 6.07 Å². The van der Waals surface area contributed by atoms with Crippen molar-refractivity contribution in [2.24, 2.45) is 5.10 Å². The fraction of sp³-hybridized carbons (Fsp3) is 0.360. The van der Waals surface area contributed by atoms with E-state index < -0.39 is 29.2 Å². The number of hydrogen-bond donors (Lipinski definition) is 1. The maximum atomic E-state index is 15.1. The first kappa shape index (κ1) is 29.6. The lowest BCUT2D eigenvalue weighted by Gasteiger charge is -2.41. The Morgan fingerprint density at radius 3 is 2.54 bits per heavy atom. The van der Waals surface area contributed by atoms with Crippen molar-refractivity contribution in [3.63, 3.8) is 0 Å². The van der Waals surface area contributed by atoms with Gasteiger partial charge in [0.2, 0.25) is 0 Å². The van der Waals surface area contributed by atoms with Crippen molar-refractivity contribution in [1.29, 1.82) is 0 Å². The number of hydrogen-bond acceptors (Lipinski definition) is 10. The SMILES string of the molecule is CC(=O)OCN1C=NN(C[C@](O)(c2ccc(F)cc2F)[C@@H](C)N2CCN(c3ccc(-n4cnnn4)cc3)C2=O)C1.Cl. The van der Waals surface area contributed by atoms with Gasteiger partial charge in [0.15, 0.2) is 6.73 Å². The smallest absolute Gasteiger partial charge is 0.324 e. The van der Waals surface area contributed by atoms with Crippen LogP contribution in [0, 0.1) is 11.6 Å². The van der Waals surface area contributed by atoms with E-state index in [4.69, 9.17) is 4.74 Å². The van der Waals surface area contributed by atoms with Gasteiger partial charge in [-0.3, -0.25) is 14.7 Å². The van der Waals surface area contributed by atoms with Crippen LogP contribution in [-0.2, 0) is 15.1 Å². The van der Waals surface area contributed by atoms with Gasteiger partial charge < -0.3 is 19.6 Å². The summed E-state index contributed by atoms with van der Waals surface area (Å²) in [4.78, 5) is 29.3. The van der Waals surface area contributed by atoms with E-state index in [0.29, 0.717) is 24.0 Å². The number of nitrogens with zero attached hydrogens (tertiary/aromatic N) is 9. The number of hydrazone groups is 1. The molecule has 16 heteroatoms. The second kappa shape index (κ2) is 12.0. The highest BCUT2D eigenvalue weighted by atomic mass is 35.5. The molecule has 5 rings (SSSR count). The molecule has 3 aromatic rings. The van der Waals surface area contributed by atoms with Gasteiger partial charge in [0.05, 0.1) is 18.3 Å². The molecule has 0 unspecified atom stereocenters. The molecule has 41 heavy (non-hydrogen) atoms. The Labute approximate surface area is 240 Å². The van der Waals surface area contributed by atoms with Gasteiger partial charge in [-0.25, -0.2) is 18.3 Å². The Morgan fingerprint density at radius 1 is 1.15 bits per heavy atom. The van der Waals surface area contributed by atoms with Crippen molar-refractivity contribution >= 4 is 36.4 Å². The maximum absolute atomic E-state index is 15.1. The molecule has 2 aliphatic rings. The lowest BCUT2D eigenvalue weighted by molar-refractivity contribution is -0.144. The van der Waals surface area contributed by atoms with E-state index in [1.807, 2.05) is 0 Å². The number of aliphatic hydroxyl groups is 1. The lowest BCUT2D eigenvalue weighted by Crippen LogP contribution is -2.55. The summed E-state index contributed by atoms with van der Waals surface area (Å²) in [5.74, 6) is -2.21. The van der Waals surface area contributed by atoms with E-state index in [-0.39, 0.29) is 50.5 Å². The van der Waals surface area contributed by atoms with E-state index in [0.717, 1.165) is 6.07 Å². The van der Waals surface area contributed by atoms with E-state index in [2.05, 4.69) is 20.6 Å². The fourth-order valence-electron chi connectivity index (χ4n) is 4.80. The van der Waals surface area contributed by atoms with Crippen LogP contribution in [0.4, 0.5) is 19.3 Å². The summed E-state index contributed by atoms with van der Waals surface area (Å²) in [6, 6.07) is 8.64. The molecule has 2 atom stereocenters. The van der Waals surface area contributed by atoms with Crippen LogP contribution in [0.3, 0.4) is 0 Å². The van der Waals surface area contributed by atoms with Gasteiger partial charge in [0.1, 0.15) is 36.6 Å². The summed E-state index contributed by atoms with van der Waals surface area (Å²) in [6.07, 6.45) is 2.88. The van der Waals surface area contributed by atoms with Gasteiger partial charge in [0, 0.05) is 37.3 Å². The highest BCUT2D eigenvalue weighted by molar-refractivity contribution is 5.94. The van der Waals surface area contributed by atoms with Crippen LogP contribution in [-0.4, -0.2) is 97.5 Å². The van der Waals surface area contributed by atoms with Gasteiger partial charge in [-0.05, 0) is 47.7 Å². The molecular weight excluding hydrogens is 564 g/mol. The van der Waals surface area contributed by atoms with E-state index in [1.165, 1.54) is 40.2 Å². The number of esters is 1. The Hall–Kier alpha value is -4.37. The first-order chi connectivity index (χ1) is 19.2. The fourth-order valence-corrected chi connectivity index (χ4v) is 4.80. The molecule has 2 amide bonds. The molecule has 13 nitrogen and oxygen atoms in total. The van der Waals surface area contributed by atoms with Gasteiger partial charge >= 0.3 is 12.0 Å². The van der Waals surface area contributed by atoms with Crippen molar-refractivity contribution in [1.82, 2.24) is 35.0 Å². The standard InChI is InChI=1S/C25H27F2N9O4.ClH/c1-17(34-9-10-35(24(34)38)20-4-6-21(7-5-20)36-13-28-30-31-36)25(39,22-8-3-19(26)11-23(22)27)12-33-15-32(14-29-33)16-40-18(2)37;/h3-8,11,13-14,17,39H,9-10,12,15-16H2,1-2H3;1H/t17-,25-;/m1./s1. The van der Waals surface area contributed by atoms with E-state index in [1.54, 1.807) is 41.0 Å². The highest BCUT2D eigenvalue weighted by Gasteiger charge is 2.47. The van der Waals surface area contributed by atoms with Crippen LogP contribution in [0.15, 0.2) is 53.9 Å². The predicted molar refractivity (Wildman–Crippen MR) is 144 cm³/mol. The predicted octanol–water partition coefficient (Wildman–Crippen LogP) is 1.92. The van der Waals surface area contributed by atoms with Gasteiger partial charge in [0.25, 0.3) is 0 Å². The zero-order valence-corrected chi connectivity index (χ0v) is 23.0. The number of β-amino-alcohol motifs (C(OH)–C–C–N with tert-alkyl or cyclic N) is 1. The zero-order valence-electron chi connectivity index (χ0n) is 22.2. The van der Waals surface area contributed by atoms with E-state index >= 15 is 4.39 Å². The van der Waals surface area contributed by atoms with Crippen molar-refractivity contribution in [3.8, 4) is 5.69 Å². The molecule has 1 fully saturated rings. The quantitative estimate of drug-likeness (QED) is 0.371. The lowest BCUT2D eigenvalue weighted by atomic mass is 9.85. The van der Waals surface area contributed by atoms with Crippen molar-refractivity contribution in [2.45, 2.75) is 25.5 Å². The number of rotatable bonds is 9. The third kappa shape index (κ3) is 6.05. The zero-order chi connectivity index (χ0) is 28.4. The number of ether oxygens (including phenoxy) is 1. The minimum absolute atomic E-state index is 0. The van der Waals surface area contributed by atoms with Crippen LogP contribution >= 0.6 is 12.4 Å². The maximum Gasteiger partial charge on any atom is 0.324 e. The van der Waals surface area contributed by atoms with E-state index in [9.17, 15) is 19.1 Å². The summed E-state index contributed by atoms with van der Waals surface area (Å²) in [5, 5.41) is 28.8. The average molecular weight is 592 g/mol. The average Bonchev–Trinajstić information content (AvgIpc) is 3.69. The molecule has 1 N–H and O–H groups in total.